The third kappa shape index (κ3) is 8.51. The van der Waals surface area contributed by atoms with E-state index in [0.29, 0.717) is 11.8 Å². The summed E-state index contributed by atoms with van der Waals surface area (Å²) in [6.45, 7) is 2.44. The normalized spacial score (nSPS) is 16.3. The molecule has 3 heteroatoms. The molecule has 3 nitrogen and oxygen atoms in total. The number of nitrogens with zero attached hydrogens (tertiary/aromatic N) is 3. The van der Waals surface area contributed by atoms with E-state index in [-0.39, 0.29) is 0 Å². The summed E-state index contributed by atoms with van der Waals surface area (Å²) in [4.78, 5) is 15.1. The van der Waals surface area contributed by atoms with Gasteiger partial charge in [-0.25, -0.2) is 0 Å². The first-order valence-corrected chi connectivity index (χ1v) is 24.7. The molecule has 1 saturated carbocycles. The van der Waals surface area contributed by atoms with Gasteiger partial charge in [0.05, 0.1) is 17.1 Å². The van der Waals surface area contributed by atoms with Crippen molar-refractivity contribution in [3.8, 4) is 101 Å². The fraction of sp³-hybridized carbons (Fsp3) is 0.136. The lowest BCUT2D eigenvalue weighted by Crippen LogP contribution is -2.12. The zero-order valence-electron chi connectivity index (χ0n) is 39.0. The minimum atomic E-state index is 0.576. The van der Waals surface area contributed by atoms with Gasteiger partial charge in [-0.1, -0.05) is 184 Å². The van der Waals surface area contributed by atoms with E-state index in [4.69, 9.17) is 15.0 Å². The minimum Gasteiger partial charge on any atom is -0.256 e. The summed E-state index contributed by atoms with van der Waals surface area (Å²) in [6, 6.07) is 74.4. The second-order valence-corrected chi connectivity index (χ2v) is 19.2. The fourth-order valence-corrected chi connectivity index (χ4v) is 11.4. The summed E-state index contributed by atoms with van der Waals surface area (Å²) in [6.07, 6.45) is 12.8. The van der Waals surface area contributed by atoms with Crippen LogP contribution in [0.15, 0.2) is 225 Å². The van der Waals surface area contributed by atoms with E-state index in [1.165, 1.54) is 43.2 Å². The van der Waals surface area contributed by atoms with Gasteiger partial charge in [-0.2, -0.15) is 0 Å². The van der Waals surface area contributed by atoms with E-state index in [2.05, 4.69) is 207 Å². The molecule has 2 aliphatic carbocycles. The van der Waals surface area contributed by atoms with Crippen LogP contribution in [0, 0.1) is 5.92 Å². The van der Waals surface area contributed by atoms with E-state index >= 15 is 0 Å². The van der Waals surface area contributed by atoms with Crippen LogP contribution in [0.5, 0.6) is 0 Å². The van der Waals surface area contributed by atoms with Crippen molar-refractivity contribution < 1.29 is 0 Å². The highest BCUT2D eigenvalue weighted by Crippen LogP contribution is 2.48. The Balaban J connectivity index is 0.958. The van der Waals surface area contributed by atoms with Gasteiger partial charge >= 0.3 is 0 Å². The quantitative estimate of drug-likeness (QED) is 0.145. The smallest absolute Gasteiger partial charge is 0.0702 e. The Bertz CT molecular complexity index is 3270. The SMILES string of the molecule is CC1CC2CCCC(C2)c2ccc(-c3ccc(-c4ccccc4-c4cc(-c5ccccc5-c5ccc(-c6ccccc6)nc5)cc(-c5ccccc5-c5ccc(-c6ccccc6)nc5)c4)cn3)cc21. The largest absolute Gasteiger partial charge is 0.256 e. The van der Waals surface area contributed by atoms with E-state index < -0.39 is 0 Å². The van der Waals surface area contributed by atoms with E-state index in [1.807, 2.05) is 24.5 Å². The van der Waals surface area contributed by atoms with Crippen molar-refractivity contribution in [3.63, 3.8) is 0 Å². The van der Waals surface area contributed by atoms with Crippen molar-refractivity contribution in [1.29, 1.82) is 0 Å². The second-order valence-electron chi connectivity index (χ2n) is 19.2. The summed E-state index contributed by atoms with van der Waals surface area (Å²) < 4.78 is 0. The summed E-state index contributed by atoms with van der Waals surface area (Å²) >= 11 is 0. The molecule has 69 heavy (non-hydrogen) atoms. The molecule has 7 aromatic carbocycles. The highest BCUT2D eigenvalue weighted by Gasteiger charge is 2.31. The Morgan fingerprint density at radius 2 is 0.710 bits per heavy atom. The number of benzene rings is 7. The fourth-order valence-electron chi connectivity index (χ4n) is 11.4. The number of fused-ring (bicyclic) bond motifs is 4. The third-order valence-corrected chi connectivity index (χ3v) is 14.8. The maximum Gasteiger partial charge on any atom is 0.0702 e. The van der Waals surface area contributed by atoms with Crippen LogP contribution >= 0.6 is 0 Å². The Kier molecular flexibility index (Phi) is 11.4. The molecule has 12 rings (SSSR count). The molecular formula is C66H53N3. The van der Waals surface area contributed by atoms with Crippen LogP contribution in [-0.4, -0.2) is 15.0 Å². The number of aromatic nitrogens is 3. The van der Waals surface area contributed by atoms with E-state index in [0.717, 1.165) is 101 Å². The van der Waals surface area contributed by atoms with E-state index in [9.17, 15) is 0 Å². The standard InChI is InChI=1S/C66H53N3/c1-44-35-45-15-14-20-48(36-45)62-31-27-49(40-63(44)62)66-34-30-52(43-69-66)58-23-10-13-26-61(58)55-38-53(59-24-11-8-21-56(59)50-28-32-64(67-41-50)46-16-4-2-5-17-46)37-54(39-55)60-25-12-9-22-57(60)51-29-33-65(68-42-51)47-18-6-3-7-19-47/h2-13,16-19,21-34,37-45,48H,14-15,20,35-36H2,1H3. The molecule has 0 N–H and O–H groups in total. The van der Waals surface area contributed by atoms with Gasteiger partial charge < -0.3 is 0 Å². The summed E-state index contributed by atoms with van der Waals surface area (Å²) in [5, 5.41) is 0. The lowest BCUT2D eigenvalue weighted by Gasteiger charge is -2.27. The van der Waals surface area contributed by atoms with Crippen molar-refractivity contribution in [2.24, 2.45) is 5.92 Å². The highest BCUT2D eigenvalue weighted by molar-refractivity contribution is 5.94. The molecule has 0 radical (unpaired) electrons. The molecular weight excluding hydrogens is 835 g/mol. The van der Waals surface area contributed by atoms with Gasteiger partial charge in [0.15, 0.2) is 0 Å². The van der Waals surface area contributed by atoms with E-state index in [1.54, 1.807) is 5.56 Å². The number of hydrogen-bond acceptors (Lipinski definition) is 3. The van der Waals surface area contributed by atoms with Crippen molar-refractivity contribution in [1.82, 2.24) is 15.0 Å². The van der Waals surface area contributed by atoms with Gasteiger partial charge in [0, 0.05) is 52.0 Å². The topological polar surface area (TPSA) is 38.7 Å². The second kappa shape index (κ2) is 18.6. The maximum absolute atomic E-state index is 5.18. The summed E-state index contributed by atoms with van der Waals surface area (Å²) in [7, 11) is 0. The lowest BCUT2D eigenvalue weighted by molar-refractivity contribution is 0.308. The molecule has 0 amide bonds. The van der Waals surface area contributed by atoms with Gasteiger partial charge in [-0.15, -0.1) is 0 Å². The summed E-state index contributed by atoms with van der Waals surface area (Å²) in [5.41, 5.74) is 22.9. The molecule has 3 unspecified atom stereocenters. The first kappa shape index (κ1) is 42.4. The van der Waals surface area contributed by atoms with Crippen molar-refractivity contribution >= 4 is 0 Å². The molecule has 3 atom stereocenters. The maximum atomic E-state index is 5.18. The van der Waals surface area contributed by atoms with Gasteiger partial charge in [0.2, 0.25) is 0 Å². The van der Waals surface area contributed by atoms with Crippen LogP contribution < -0.4 is 0 Å². The zero-order valence-corrected chi connectivity index (χ0v) is 39.0. The Morgan fingerprint density at radius 3 is 1.13 bits per heavy atom. The molecule has 3 aromatic heterocycles. The number of hydrogen-bond donors (Lipinski definition) is 0. The molecule has 2 aliphatic rings. The predicted octanol–water partition coefficient (Wildman–Crippen LogP) is 17.7. The van der Waals surface area contributed by atoms with Gasteiger partial charge in [-0.3, -0.25) is 15.0 Å². The van der Waals surface area contributed by atoms with Gasteiger partial charge in [-0.05, 0) is 141 Å². The van der Waals surface area contributed by atoms with Crippen LogP contribution in [0.4, 0.5) is 0 Å². The van der Waals surface area contributed by atoms with Gasteiger partial charge in [0.1, 0.15) is 0 Å². The van der Waals surface area contributed by atoms with Crippen molar-refractivity contribution in [2.75, 3.05) is 0 Å². The highest BCUT2D eigenvalue weighted by atomic mass is 14.7. The van der Waals surface area contributed by atoms with Gasteiger partial charge in [0.25, 0.3) is 0 Å². The molecule has 332 valence electrons. The molecule has 1 fully saturated rings. The zero-order chi connectivity index (χ0) is 46.1. The number of rotatable bonds is 9. The average molecular weight is 888 g/mol. The Labute approximate surface area is 406 Å². The molecule has 0 saturated heterocycles. The van der Waals surface area contributed by atoms with Crippen molar-refractivity contribution in [3.05, 3.63) is 236 Å². The Hall–Kier alpha value is -8.01. The molecule has 0 aliphatic heterocycles. The first-order chi connectivity index (χ1) is 34.1. The third-order valence-electron chi connectivity index (χ3n) is 14.8. The average Bonchev–Trinajstić information content (AvgIpc) is 3.52. The number of pyridine rings is 3. The predicted molar refractivity (Wildman–Crippen MR) is 286 cm³/mol. The first-order valence-electron chi connectivity index (χ1n) is 24.7. The monoisotopic (exact) mass is 887 g/mol. The summed E-state index contributed by atoms with van der Waals surface area (Å²) in [5.74, 6) is 2.14. The van der Waals surface area contributed by atoms with Crippen LogP contribution in [0.3, 0.4) is 0 Å². The van der Waals surface area contributed by atoms with Crippen LogP contribution in [-0.2, 0) is 0 Å². The molecule has 0 spiro atoms. The molecule has 10 aromatic rings. The minimum absolute atomic E-state index is 0.576. The van der Waals surface area contributed by atoms with Crippen molar-refractivity contribution in [2.45, 2.75) is 50.9 Å². The molecule has 2 bridgehead atoms. The van der Waals surface area contributed by atoms with Crippen LogP contribution in [0.2, 0.25) is 0 Å². The van der Waals surface area contributed by atoms with Crippen LogP contribution in [0.25, 0.3) is 101 Å². The Morgan fingerprint density at radius 1 is 0.319 bits per heavy atom. The van der Waals surface area contributed by atoms with Crippen LogP contribution in [0.1, 0.15) is 62.0 Å². The molecule has 3 heterocycles. The lowest BCUT2D eigenvalue weighted by atomic mass is 9.78.